The van der Waals surface area contributed by atoms with Gasteiger partial charge in [-0.15, -0.1) is 0 Å². The molecule has 23 heavy (non-hydrogen) atoms. The summed E-state index contributed by atoms with van der Waals surface area (Å²) in [5.74, 6) is 0.327. The molecular weight excluding hydrogens is 292 g/mol. The third kappa shape index (κ3) is 2.46. The van der Waals surface area contributed by atoms with Crippen LogP contribution in [-0.4, -0.2) is 17.6 Å². The van der Waals surface area contributed by atoms with Gasteiger partial charge in [0.05, 0.1) is 12.2 Å². The van der Waals surface area contributed by atoms with E-state index < -0.39 is 5.63 Å². The van der Waals surface area contributed by atoms with Crippen LogP contribution in [0.5, 0.6) is 0 Å². The molecule has 1 atom stereocenters. The summed E-state index contributed by atoms with van der Waals surface area (Å²) in [5.41, 5.74) is 2.34. The monoisotopic (exact) mass is 306 g/mol. The number of nitrogens with zero attached hydrogens (tertiary/aromatic N) is 1. The number of H-pyrrole nitrogens is 1. The van der Waals surface area contributed by atoms with Crippen LogP contribution < -0.4 is 5.63 Å². The Balaban J connectivity index is 1.68. The van der Waals surface area contributed by atoms with Crippen LogP contribution in [0.3, 0.4) is 0 Å². The van der Waals surface area contributed by atoms with Crippen LogP contribution in [0.1, 0.15) is 17.2 Å². The van der Waals surface area contributed by atoms with Crippen molar-refractivity contribution in [2.45, 2.75) is 6.10 Å². The molecule has 0 unspecified atom stereocenters. The van der Waals surface area contributed by atoms with E-state index in [2.05, 4.69) is 10.1 Å². The summed E-state index contributed by atoms with van der Waals surface area (Å²) in [6, 6.07) is 19.3. The molecule has 0 amide bonds. The molecule has 0 radical (unpaired) electrons. The molecule has 1 aliphatic heterocycles. The van der Waals surface area contributed by atoms with Gasteiger partial charge in [-0.2, -0.15) is 0 Å². The quantitative estimate of drug-likeness (QED) is 0.808. The van der Waals surface area contributed by atoms with Crippen molar-refractivity contribution in [3.63, 3.8) is 0 Å². The molecule has 4 rings (SSSR count). The van der Waals surface area contributed by atoms with E-state index >= 15 is 0 Å². The minimum atomic E-state index is -0.476. The lowest BCUT2D eigenvalue weighted by atomic mass is 10.1. The predicted octanol–water partition coefficient (Wildman–Crippen LogP) is 3.15. The van der Waals surface area contributed by atoms with Crippen LogP contribution in [0.4, 0.5) is 0 Å². The van der Waals surface area contributed by atoms with Gasteiger partial charge < -0.3 is 9.26 Å². The average Bonchev–Trinajstić information content (AvgIpc) is 3.23. The number of hydrogen-bond acceptors (Lipinski definition) is 4. The summed E-state index contributed by atoms with van der Waals surface area (Å²) in [7, 11) is 0. The summed E-state index contributed by atoms with van der Waals surface area (Å²) < 4.78 is 10.9. The van der Waals surface area contributed by atoms with E-state index in [1.54, 1.807) is 0 Å². The topological polar surface area (TPSA) is 67.6 Å². The van der Waals surface area contributed by atoms with E-state index in [1.165, 1.54) is 0 Å². The molecule has 0 fully saturated rings. The number of hydrogen-bond donors (Lipinski definition) is 1. The fourth-order valence-electron chi connectivity index (χ4n) is 2.66. The molecule has 2 aromatic carbocycles. The smallest absolute Gasteiger partial charge is 0.370 e. The Kier molecular flexibility index (Phi) is 3.31. The van der Waals surface area contributed by atoms with Crippen LogP contribution >= 0.6 is 0 Å². The molecule has 3 aromatic rings. The maximum atomic E-state index is 12.1. The molecule has 0 bridgehead atoms. The first-order chi connectivity index (χ1) is 11.3. The summed E-state index contributed by atoms with van der Waals surface area (Å²) in [4.78, 5) is 16.5. The lowest BCUT2D eigenvalue weighted by Gasteiger charge is -2.10. The van der Waals surface area contributed by atoms with Crippen molar-refractivity contribution in [2.75, 3.05) is 6.54 Å². The second kappa shape index (κ2) is 5.61. The average molecular weight is 306 g/mol. The van der Waals surface area contributed by atoms with E-state index in [0.717, 1.165) is 11.1 Å². The van der Waals surface area contributed by atoms with E-state index in [0.29, 0.717) is 23.7 Å². The normalized spacial score (nSPS) is 16.9. The first-order valence-corrected chi connectivity index (χ1v) is 7.36. The van der Waals surface area contributed by atoms with Crippen LogP contribution in [0.25, 0.3) is 11.3 Å². The molecule has 114 valence electrons. The molecular formula is C18H14N2O3. The SMILES string of the molecule is O=c1o[nH]c(-c2ccccc2)c1C1=NC[C@@H](c2ccccc2)O1. The fourth-order valence-corrected chi connectivity index (χ4v) is 2.66. The van der Waals surface area contributed by atoms with Gasteiger partial charge in [-0.1, -0.05) is 60.7 Å². The van der Waals surface area contributed by atoms with Gasteiger partial charge in [-0.05, 0) is 5.56 Å². The molecule has 2 heterocycles. The van der Waals surface area contributed by atoms with Gasteiger partial charge in [-0.25, -0.2) is 14.9 Å². The number of ether oxygens (including phenoxy) is 1. The Labute approximate surface area is 132 Å². The standard InChI is InChI=1S/C18H14N2O3/c21-18-15(16(20-23-18)13-9-5-2-6-10-13)17-19-11-14(22-17)12-7-3-1-4-8-12/h1-10,14,20H,11H2/t14-/m0/s1. The Bertz CT molecular complexity index is 895. The highest BCUT2D eigenvalue weighted by Crippen LogP contribution is 2.27. The number of aliphatic imine (C=N–C) groups is 1. The number of aromatic nitrogens is 1. The van der Waals surface area contributed by atoms with E-state index in [4.69, 9.17) is 9.26 Å². The van der Waals surface area contributed by atoms with Gasteiger partial charge in [0.25, 0.3) is 0 Å². The second-order valence-corrected chi connectivity index (χ2v) is 5.27. The van der Waals surface area contributed by atoms with Crippen molar-refractivity contribution >= 4 is 5.90 Å². The predicted molar refractivity (Wildman–Crippen MR) is 86.4 cm³/mol. The summed E-state index contributed by atoms with van der Waals surface area (Å²) in [5, 5.41) is 2.67. The first-order valence-electron chi connectivity index (χ1n) is 7.36. The molecule has 5 heteroatoms. The highest BCUT2D eigenvalue weighted by atomic mass is 16.5. The molecule has 1 N–H and O–H groups in total. The zero-order valence-corrected chi connectivity index (χ0v) is 12.2. The van der Waals surface area contributed by atoms with Crippen molar-refractivity contribution in [3.05, 3.63) is 82.2 Å². The van der Waals surface area contributed by atoms with E-state index in [1.807, 2.05) is 60.7 Å². The maximum Gasteiger partial charge on any atom is 0.370 e. The number of rotatable bonds is 3. The van der Waals surface area contributed by atoms with Crippen LogP contribution in [0.15, 0.2) is 75.0 Å². The fraction of sp³-hybridized carbons (Fsp3) is 0.111. The lowest BCUT2D eigenvalue weighted by molar-refractivity contribution is 0.230. The van der Waals surface area contributed by atoms with Crippen molar-refractivity contribution in [2.24, 2.45) is 4.99 Å². The zero-order chi connectivity index (χ0) is 15.6. The van der Waals surface area contributed by atoms with Gasteiger partial charge in [0, 0.05) is 5.56 Å². The van der Waals surface area contributed by atoms with Crippen molar-refractivity contribution in [1.82, 2.24) is 5.16 Å². The second-order valence-electron chi connectivity index (χ2n) is 5.27. The van der Waals surface area contributed by atoms with E-state index in [9.17, 15) is 4.79 Å². The molecule has 0 aliphatic carbocycles. The van der Waals surface area contributed by atoms with Crippen molar-refractivity contribution in [1.29, 1.82) is 0 Å². The molecule has 0 spiro atoms. The third-order valence-electron chi connectivity index (χ3n) is 3.80. The molecule has 0 saturated carbocycles. The largest absolute Gasteiger partial charge is 0.467 e. The van der Waals surface area contributed by atoms with Gasteiger partial charge in [-0.3, -0.25) is 0 Å². The molecule has 1 aliphatic rings. The first kappa shape index (κ1) is 13.6. The number of aromatic amines is 1. The van der Waals surface area contributed by atoms with Gasteiger partial charge in [0.1, 0.15) is 6.10 Å². The van der Waals surface area contributed by atoms with Crippen LogP contribution in [0.2, 0.25) is 0 Å². The molecule has 5 nitrogen and oxygen atoms in total. The maximum absolute atomic E-state index is 12.1. The van der Waals surface area contributed by atoms with Crippen molar-refractivity contribution < 1.29 is 9.26 Å². The third-order valence-corrected chi connectivity index (χ3v) is 3.80. The minimum Gasteiger partial charge on any atom is -0.467 e. The van der Waals surface area contributed by atoms with Crippen LogP contribution in [0, 0.1) is 0 Å². The summed E-state index contributed by atoms with van der Waals surface area (Å²) >= 11 is 0. The van der Waals surface area contributed by atoms with Gasteiger partial charge >= 0.3 is 5.63 Å². The van der Waals surface area contributed by atoms with Crippen molar-refractivity contribution in [3.8, 4) is 11.3 Å². The summed E-state index contributed by atoms with van der Waals surface area (Å²) in [6.07, 6.45) is -0.177. The molecule has 0 saturated heterocycles. The molecule has 1 aromatic heterocycles. The van der Waals surface area contributed by atoms with Gasteiger partial charge in [0.2, 0.25) is 5.90 Å². The Morgan fingerprint density at radius 2 is 1.70 bits per heavy atom. The van der Waals surface area contributed by atoms with Gasteiger partial charge in [0.15, 0.2) is 5.56 Å². The number of nitrogens with one attached hydrogen (secondary N) is 1. The van der Waals surface area contributed by atoms with Crippen LogP contribution in [-0.2, 0) is 4.74 Å². The Morgan fingerprint density at radius 1 is 1.00 bits per heavy atom. The highest BCUT2D eigenvalue weighted by molar-refractivity contribution is 6.00. The lowest BCUT2D eigenvalue weighted by Crippen LogP contribution is -2.13. The number of benzene rings is 2. The van der Waals surface area contributed by atoms with E-state index in [-0.39, 0.29) is 6.10 Å². The summed E-state index contributed by atoms with van der Waals surface area (Å²) in [6.45, 7) is 0.484. The Morgan fingerprint density at radius 3 is 2.43 bits per heavy atom. The highest BCUT2D eigenvalue weighted by Gasteiger charge is 2.28. The minimum absolute atomic E-state index is 0.177. The zero-order valence-electron chi connectivity index (χ0n) is 12.2. The Hall–Kier alpha value is -3.08.